The van der Waals surface area contributed by atoms with E-state index in [0.29, 0.717) is 6.04 Å². The molecule has 24 heavy (non-hydrogen) atoms. The molecule has 0 radical (unpaired) electrons. The number of nitrogens with zero attached hydrogens (tertiary/aromatic N) is 2. The molecule has 126 valence electrons. The maximum Gasteiger partial charge on any atom is 0.0548 e. The highest BCUT2D eigenvalue weighted by atomic mass is 35.5. The number of hydrogen-bond donors (Lipinski definition) is 0. The Bertz CT molecular complexity index is 757. The zero-order valence-electron chi connectivity index (χ0n) is 13.6. The first kappa shape index (κ1) is 16.7. The summed E-state index contributed by atoms with van der Waals surface area (Å²) >= 11 is 14.6. The Hall–Kier alpha value is -0.710. The lowest BCUT2D eigenvalue weighted by Gasteiger charge is -2.38. The fourth-order valence-electron chi connectivity index (χ4n) is 3.59. The van der Waals surface area contributed by atoms with Gasteiger partial charge in [0.1, 0.15) is 0 Å². The molecule has 1 atom stereocenters. The second-order valence-corrected chi connectivity index (χ2v) is 8.47. The van der Waals surface area contributed by atoms with Gasteiger partial charge in [0.2, 0.25) is 0 Å². The van der Waals surface area contributed by atoms with Crippen molar-refractivity contribution in [3.8, 4) is 0 Å². The standard InChI is InChI=1S/C19H20Cl2N2S/c1-22-7-9-23(10-8-22)17-12-13-11-14(20)5-6-18(13)24-19-15(17)3-2-4-16(19)21/h2-6,11,17H,7-10,12H2,1H3. The number of piperazine rings is 1. The monoisotopic (exact) mass is 378 g/mol. The van der Waals surface area contributed by atoms with Crippen LogP contribution in [0.5, 0.6) is 0 Å². The largest absolute Gasteiger partial charge is 0.304 e. The molecular formula is C19H20Cl2N2S. The third-order valence-corrected chi connectivity index (χ3v) is 6.92. The molecule has 0 aliphatic carbocycles. The molecule has 0 N–H and O–H groups in total. The molecule has 0 amide bonds. The van der Waals surface area contributed by atoms with Crippen LogP contribution in [0.25, 0.3) is 0 Å². The summed E-state index contributed by atoms with van der Waals surface area (Å²) in [5.41, 5.74) is 2.67. The van der Waals surface area contributed by atoms with Gasteiger partial charge in [0, 0.05) is 47.0 Å². The summed E-state index contributed by atoms with van der Waals surface area (Å²) in [4.78, 5) is 7.46. The molecule has 1 unspecified atom stereocenters. The molecular weight excluding hydrogens is 359 g/mol. The second kappa shape index (κ2) is 6.89. The van der Waals surface area contributed by atoms with E-state index in [9.17, 15) is 0 Å². The predicted octanol–water partition coefficient (Wildman–Crippen LogP) is 4.99. The summed E-state index contributed by atoms with van der Waals surface area (Å²) in [6.45, 7) is 4.41. The first-order chi connectivity index (χ1) is 11.6. The topological polar surface area (TPSA) is 6.48 Å². The van der Waals surface area contributed by atoms with Crippen LogP contribution in [0, 0.1) is 0 Å². The van der Waals surface area contributed by atoms with Gasteiger partial charge in [-0.1, -0.05) is 47.1 Å². The predicted molar refractivity (Wildman–Crippen MR) is 103 cm³/mol. The SMILES string of the molecule is CN1CCN(C2Cc3cc(Cl)ccc3Sc3c(Cl)cccc32)CC1. The number of fused-ring (bicyclic) bond motifs is 2. The second-order valence-electron chi connectivity index (χ2n) is 6.57. The van der Waals surface area contributed by atoms with Gasteiger partial charge in [-0.3, -0.25) is 4.90 Å². The Morgan fingerprint density at radius 2 is 1.83 bits per heavy atom. The van der Waals surface area contributed by atoms with E-state index in [-0.39, 0.29) is 0 Å². The summed E-state index contributed by atoms with van der Waals surface area (Å²) in [6.07, 6.45) is 0.986. The lowest BCUT2D eigenvalue weighted by molar-refractivity contribution is 0.110. The lowest BCUT2D eigenvalue weighted by atomic mass is 9.96. The normalized spacial score (nSPS) is 21.9. The van der Waals surface area contributed by atoms with Crippen molar-refractivity contribution in [2.45, 2.75) is 22.3 Å². The minimum atomic E-state index is 0.361. The average molecular weight is 379 g/mol. The maximum absolute atomic E-state index is 6.57. The molecule has 2 nitrogen and oxygen atoms in total. The summed E-state index contributed by atoms with van der Waals surface area (Å²) < 4.78 is 0. The van der Waals surface area contributed by atoms with Gasteiger partial charge >= 0.3 is 0 Å². The van der Waals surface area contributed by atoms with Gasteiger partial charge in [0.15, 0.2) is 0 Å². The Morgan fingerprint density at radius 3 is 2.62 bits per heavy atom. The first-order valence-electron chi connectivity index (χ1n) is 8.29. The van der Waals surface area contributed by atoms with Gasteiger partial charge in [-0.2, -0.15) is 0 Å². The summed E-state index contributed by atoms with van der Waals surface area (Å²) in [5.74, 6) is 0. The first-order valence-corrected chi connectivity index (χ1v) is 9.86. The van der Waals surface area contributed by atoms with Crippen molar-refractivity contribution in [1.82, 2.24) is 9.80 Å². The van der Waals surface area contributed by atoms with Crippen LogP contribution in [-0.4, -0.2) is 43.0 Å². The number of halogens is 2. The van der Waals surface area contributed by atoms with Gasteiger partial charge in [-0.05, 0) is 48.9 Å². The maximum atomic E-state index is 6.57. The van der Waals surface area contributed by atoms with Crippen LogP contribution in [0.4, 0.5) is 0 Å². The van der Waals surface area contributed by atoms with Crippen LogP contribution in [0.1, 0.15) is 17.2 Å². The van der Waals surface area contributed by atoms with E-state index in [4.69, 9.17) is 23.2 Å². The summed E-state index contributed by atoms with van der Waals surface area (Å²) in [5, 5.41) is 1.66. The van der Waals surface area contributed by atoms with Crippen LogP contribution >= 0.6 is 35.0 Å². The molecule has 2 aliphatic heterocycles. The van der Waals surface area contributed by atoms with E-state index in [1.807, 2.05) is 12.1 Å². The molecule has 0 spiro atoms. The van der Waals surface area contributed by atoms with Gasteiger partial charge in [0.05, 0.1) is 5.02 Å². The number of likely N-dealkylation sites (N-methyl/N-ethyl adjacent to an activating group) is 1. The van der Waals surface area contributed by atoms with Crippen molar-refractivity contribution in [2.75, 3.05) is 33.2 Å². The van der Waals surface area contributed by atoms with Crippen molar-refractivity contribution in [3.63, 3.8) is 0 Å². The van der Waals surface area contributed by atoms with Crippen LogP contribution < -0.4 is 0 Å². The van der Waals surface area contributed by atoms with E-state index in [0.717, 1.165) is 42.6 Å². The Balaban J connectivity index is 1.78. The van der Waals surface area contributed by atoms with E-state index < -0.39 is 0 Å². The van der Waals surface area contributed by atoms with Crippen molar-refractivity contribution in [3.05, 3.63) is 57.6 Å². The van der Waals surface area contributed by atoms with Crippen LogP contribution in [0.3, 0.4) is 0 Å². The van der Waals surface area contributed by atoms with Crippen LogP contribution in [0.2, 0.25) is 10.0 Å². The molecule has 0 aromatic heterocycles. The fourth-order valence-corrected chi connectivity index (χ4v) is 5.20. The van der Waals surface area contributed by atoms with Crippen molar-refractivity contribution in [1.29, 1.82) is 0 Å². The number of hydrogen-bond acceptors (Lipinski definition) is 3. The van der Waals surface area contributed by atoms with Crippen LogP contribution in [-0.2, 0) is 6.42 Å². The van der Waals surface area contributed by atoms with Crippen molar-refractivity contribution in [2.24, 2.45) is 0 Å². The van der Waals surface area contributed by atoms with E-state index in [2.05, 4.69) is 41.1 Å². The van der Waals surface area contributed by atoms with E-state index in [1.54, 1.807) is 11.8 Å². The summed E-state index contributed by atoms with van der Waals surface area (Å²) in [7, 11) is 2.19. The smallest absolute Gasteiger partial charge is 0.0548 e. The Morgan fingerprint density at radius 1 is 1.04 bits per heavy atom. The van der Waals surface area contributed by atoms with E-state index >= 15 is 0 Å². The fraction of sp³-hybridized carbons (Fsp3) is 0.368. The van der Waals surface area contributed by atoms with Gasteiger partial charge in [-0.25, -0.2) is 0 Å². The van der Waals surface area contributed by atoms with Crippen molar-refractivity contribution < 1.29 is 0 Å². The number of rotatable bonds is 1. The van der Waals surface area contributed by atoms with E-state index in [1.165, 1.54) is 20.9 Å². The minimum Gasteiger partial charge on any atom is -0.304 e. The molecule has 1 fully saturated rings. The molecule has 2 aliphatic rings. The Kier molecular flexibility index (Phi) is 4.81. The zero-order valence-corrected chi connectivity index (χ0v) is 16.0. The highest BCUT2D eigenvalue weighted by Gasteiger charge is 2.30. The average Bonchev–Trinajstić information content (AvgIpc) is 2.73. The van der Waals surface area contributed by atoms with Gasteiger partial charge in [-0.15, -0.1) is 0 Å². The molecule has 2 aromatic carbocycles. The molecule has 0 bridgehead atoms. The molecule has 1 saturated heterocycles. The van der Waals surface area contributed by atoms with Gasteiger partial charge < -0.3 is 4.90 Å². The van der Waals surface area contributed by atoms with Gasteiger partial charge in [0.25, 0.3) is 0 Å². The minimum absolute atomic E-state index is 0.361. The highest BCUT2D eigenvalue weighted by molar-refractivity contribution is 7.99. The quantitative estimate of drug-likeness (QED) is 0.689. The highest BCUT2D eigenvalue weighted by Crippen LogP contribution is 2.46. The summed E-state index contributed by atoms with van der Waals surface area (Å²) in [6, 6.07) is 12.9. The van der Waals surface area contributed by atoms with Crippen molar-refractivity contribution >= 4 is 35.0 Å². The third-order valence-electron chi connectivity index (χ3n) is 4.98. The Labute approximate surface area is 157 Å². The zero-order chi connectivity index (χ0) is 16.7. The lowest BCUT2D eigenvalue weighted by Crippen LogP contribution is -2.46. The van der Waals surface area contributed by atoms with Crippen LogP contribution in [0.15, 0.2) is 46.2 Å². The number of benzene rings is 2. The molecule has 5 heteroatoms. The molecule has 2 aromatic rings. The molecule has 4 rings (SSSR count). The molecule has 2 heterocycles. The molecule has 0 saturated carbocycles. The third kappa shape index (κ3) is 3.21.